The first-order valence-corrected chi connectivity index (χ1v) is 12.6. The summed E-state index contributed by atoms with van der Waals surface area (Å²) in [6.45, 7) is 5.46. The molecule has 1 fully saturated rings. The average molecular weight is 428 g/mol. The monoisotopic (exact) mass is 427 g/mol. The molecular formula is C21H33NO4S2. The van der Waals surface area contributed by atoms with Crippen LogP contribution in [0.3, 0.4) is 0 Å². The summed E-state index contributed by atoms with van der Waals surface area (Å²) in [6.07, 6.45) is 8.32. The fourth-order valence-electron chi connectivity index (χ4n) is 3.07. The fourth-order valence-corrected chi connectivity index (χ4v) is 4.93. The maximum Gasteiger partial charge on any atom is 0.279 e. The molecule has 0 radical (unpaired) electrons. The van der Waals surface area contributed by atoms with E-state index in [-0.39, 0.29) is 10.5 Å². The van der Waals surface area contributed by atoms with Crippen molar-refractivity contribution in [3.63, 3.8) is 0 Å². The van der Waals surface area contributed by atoms with Gasteiger partial charge in [-0.1, -0.05) is 61.6 Å². The molecule has 158 valence electrons. The van der Waals surface area contributed by atoms with Gasteiger partial charge in [0.05, 0.1) is 0 Å². The minimum atomic E-state index is -0.743. The van der Waals surface area contributed by atoms with Crippen molar-refractivity contribution in [2.24, 2.45) is 0 Å². The topological polar surface area (TPSA) is 70.6 Å². The Morgan fingerprint density at radius 3 is 2.61 bits per heavy atom. The molecule has 2 aliphatic heterocycles. The zero-order chi connectivity index (χ0) is 20.2. The number of carbonyl (C=O) groups excluding carboxylic acids is 1. The highest BCUT2D eigenvalue weighted by atomic mass is 32.2. The second-order valence-corrected chi connectivity index (χ2v) is 10.2. The molecule has 2 atom stereocenters. The molecule has 2 unspecified atom stereocenters. The molecule has 1 aromatic rings. The molecule has 0 aliphatic carbocycles. The quantitative estimate of drug-likeness (QED) is 0.425. The van der Waals surface area contributed by atoms with Gasteiger partial charge in [0.15, 0.2) is 11.5 Å². The lowest BCUT2D eigenvalue weighted by Crippen LogP contribution is -2.23. The molecule has 2 heterocycles. The molecule has 1 N–H and O–H groups in total. The van der Waals surface area contributed by atoms with Crippen LogP contribution in [0.1, 0.15) is 57.9 Å². The summed E-state index contributed by atoms with van der Waals surface area (Å²) < 4.78 is 23.0. The second kappa shape index (κ2) is 13.2. The summed E-state index contributed by atoms with van der Waals surface area (Å²) in [4.78, 5) is 10.1. The maximum atomic E-state index is 12.3. The van der Waals surface area contributed by atoms with Gasteiger partial charge in [-0.05, 0) is 37.5 Å². The van der Waals surface area contributed by atoms with Crippen molar-refractivity contribution in [1.29, 1.82) is 0 Å². The van der Waals surface area contributed by atoms with E-state index < -0.39 is 11.2 Å². The van der Waals surface area contributed by atoms with Crippen LogP contribution < -0.4 is 14.8 Å². The number of hydrogen-bond acceptors (Lipinski definition) is 5. The minimum absolute atomic E-state index is 0.120. The number of carbonyl (C=O) groups is 1. The fraction of sp³-hybridized carbons (Fsp3) is 0.667. The third kappa shape index (κ3) is 8.53. The van der Waals surface area contributed by atoms with E-state index in [1.54, 1.807) is 0 Å². The first-order chi connectivity index (χ1) is 13.6. The molecule has 0 aromatic heterocycles. The summed E-state index contributed by atoms with van der Waals surface area (Å²) in [5, 5.41) is 2.95. The number of benzene rings is 1. The lowest BCUT2D eigenvalue weighted by molar-refractivity contribution is 0.174. The number of ether oxygens (including phenoxy) is 2. The van der Waals surface area contributed by atoms with Crippen molar-refractivity contribution in [2.75, 3.05) is 24.8 Å². The Morgan fingerprint density at radius 2 is 1.93 bits per heavy atom. The Balaban J connectivity index is 0.000000397. The summed E-state index contributed by atoms with van der Waals surface area (Å²) in [7, 11) is 0. The molecule has 0 saturated carbocycles. The molecule has 28 heavy (non-hydrogen) atoms. The zero-order valence-electron chi connectivity index (χ0n) is 17.0. The summed E-state index contributed by atoms with van der Waals surface area (Å²) in [5.74, 6) is 3.40. The Morgan fingerprint density at radius 1 is 1.18 bits per heavy atom. The van der Waals surface area contributed by atoms with Crippen molar-refractivity contribution in [3.05, 3.63) is 23.8 Å². The second-order valence-electron chi connectivity index (χ2n) is 7.12. The Labute approximate surface area is 176 Å². The van der Waals surface area contributed by atoms with Crippen LogP contribution in [0, 0.1) is 0 Å². The van der Waals surface area contributed by atoms with Crippen LogP contribution in [0.5, 0.6) is 11.5 Å². The zero-order valence-corrected chi connectivity index (χ0v) is 18.7. The van der Waals surface area contributed by atoms with E-state index in [0.717, 1.165) is 42.4 Å². The number of nitrogens with one attached hydrogen (secondary N) is 1. The summed E-state index contributed by atoms with van der Waals surface area (Å²) >= 11 is 0.604. The first kappa shape index (κ1) is 23.2. The molecular weight excluding hydrogens is 394 g/mol. The van der Waals surface area contributed by atoms with E-state index in [1.807, 2.05) is 18.2 Å². The van der Waals surface area contributed by atoms with E-state index in [4.69, 9.17) is 9.47 Å². The maximum absolute atomic E-state index is 12.3. The van der Waals surface area contributed by atoms with Crippen LogP contribution in [0.2, 0.25) is 0 Å². The van der Waals surface area contributed by atoms with Crippen LogP contribution in [-0.4, -0.2) is 39.9 Å². The normalized spacial score (nSPS) is 16.9. The van der Waals surface area contributed by atoms with Crippen LogP contribution >= 0.6 is 11.8 Å². The number of hydrogen-bond donors (Lipinski definition) is 1. The van der Waals surface area contributed by atoms with Crippen molar-refractivity contribution in [3.8, 4) is 11.5 Å². The van der Waals surface area contributed by atoms with E-state index in [2.05, 4.69) is 19.2 Å². The Kier molecular flexibility index (Phi) is 11.0. The number of unbranched alkanes of at least 4 members (excludes halogenated alkanes) is 5. The Bertz CT molecular complexity index is 592. The molecule has 1 saturated heterocycles. The standard InChI is InChI=1S/C18H28O3S.C3H5NOS/c1-3-4-5-6-7-8-11-22(19)15(2)12-16-9-10-17-18(13-16)21-14-20-17;5-3-4-1-2-6-3/h9-10,13,15H,3-8,11-12,14H2,1-2H3;1-2H2,(H,4,5). The number of fused-ring (bicyclic) bond motifs is 1. The average Bonchev–Trinajstić information content (AvgIpc) is 3.35. The van der Waals surface area contributed by atoms with Gasteiger partial charge in [-0.15, -0.1) is 0 Å². The van der Waals surface area contributed by atoms with E-state index >= 15 is 0 Å². The molecule has 1 amide bonds. The molecule has 0 spiro atoms. The summed E-state index contributed by atoms with van der Waals surface area (Å²) in [6, 6.07) is 6.01. The highest BCUT2D eigenvalue weighted by Crippen LogP contribution is 2.33. The molecule has 2 aliphatic rings. The molecule has 3 rings (SSSR count). The van der Waals surface area contributed by atoms with Gasteiger partial charge in [0.1, 0.15) is 11.0 Å². The number of thioether (sulfide) groups is 1. The van der Waals surface area contributed by atoms with Crippen molar-refractivity contribution in [1.82, 2.24) is 5.32 Å². The van der Waals surface area contributed by atoms with Crippen LogP contribution in [0.25, 0.3) is 0 Å². The smallest absolute Gasteiger partial charge is 0.279 e. The van der Waals surface area contributed by atoms with Crippen molar-refractivity contribution in [2.45, 2.75) is 64.0 Å². The highest BCUT2D eigenvalue weighted by Gasteiger charge is 2.19. The lowest BCUT2D eigenvalue weighted by Gasteiger charge is -2.18. The number of amides is 1. The molecule has 7 heteroatoms. The third-order valence-corrected chi connectivity index (χ3v) is 7.28. The van der Waals surface area contributed by atoms with Gasteiger partial charge in [0.25, 0.3) is 5.24 Å². The third-order valence-electron chi connectivity index (χ3n) is 4.71. The van der Waals surface area contributed by atoms with Crippen LogP contribution in [-0.2, 0) is 17.6 Å². The predicted molar refractivity (Wildman–Crippen MR) is 118 cm³/mol. The molecule has 5 nitrogen and oxygen atoms in total. The van der Waals surface area contributed by atoms with Crippen molar-refractivity contribution >= 4 is 28.2 Å². The first-order valence-electron chi connectivity index (χ1n) is 10.3. The van der Waals surface area contributed by atoms with Gasteiger partial charge < -0.3 is 19.3 Å². The predicted octanol–water partition coefficient (Wildman–Crippen LogP) is 4.90. The van der Waals surface area contributed by atoms with Crippen LogP contribution in [0.15, 0.2) is 18.2 Å². The molecule has 1 aromatic carbocycles. The van der Waals surface area contributed by atoms with E-state index in [1.165, 1.54) is 49.4 Å². The van der Waals surface area contributed by atoms with Gasteiger partial charge >= 0.3 is 0 Å². The van der Waals surface area contributed by atoms with Crippen LogP contribution in [0.4, 0.5) is 4.79 Å². The van der Waals surface area contributed by atoms with Gasteiger partial charge in [-0.2, -0.15) is 0 Å². The van der Waals surface area contributed by atoms with Gasteiger partial charge in [-0.3, -0.25) is 4.79 Å². The number of rotatable bonds is 10. The summed E-state index contributed by atoms with van der Waals surface area (Å²) in [5.41, 5.74) is 1.17. The SMILES string of the molecule is CCCCCCCC[S+]([O-])C(C)Cc1ccc2c(c1)OCO2.O=C1NCCS1. The van der Waals surface area contributed by atoms with Gasteiger partial charge in [0.2, 0.25) is 6.79 Å². The highest BCUT2D eigenvalue weighted by molar-refractivity contribution is 8.13. The van der Waals surface area contributed by atoms with Gasteiger partial charge in [-0.25, -0.2) is 0 Å². The lowest BCUT2D eigenvalue weighted by atomic mass is 10.1. The minimum Gasteiger partial charge on any atom is -0.616 e. The van der Waals surface area contributed by atoms with Crippen molar-refractivity contribution < 1.29 is 18.8 Å². The largest absolute Gasteiger partial charge is 0.616 e. The van der Waals surface area contributed by atoms with Gasteiger partial charge in [0, 0.05) is 18.7 Å². The van der Waals surface area contributed by atoms with E-state index in [0.29, 0.717) is 6.79 Å². The van der Waals surface area contributed by atoms with E-state index in [9.17, 15) is 9.35 Å². The Hall–Kier alpha value is -1.05. The molecule has 0 bridgehead atoms.